The maximum absolute atomic E-state index is 14.3. The SMILES string of the molecule is N#Cc1ccc(-c2cccc(C[C@@H]3CNCCO3)c2-c2scnc2Cl)cc1F. The Hall–Kier alpha value is -2.30. The molecule has 4 rings (SSSR count). The number of nitriles is 1. The molecule has 0 aliphatic carbocycles. The smallest absolute Gasteiger partial charge is 0.147 e. The number of hydrogen-bond donors (Lipinski definition) is 1. The first-order valence-corrected chi connectivity index (χ1v) is 10.2. The first-order valence-electron chi connectivity index (χ1n) is 8.91. The van der Waals surface area contributed by atoms with Gasteiger partial charge in [0, 0.05) is 25.1 Å². The van der Waals surface area contributed by atoms with Crippen LogP contribution in [0.25, 0.3) is 21.6 Å². The summed E-state index contributed by atoms with van der Waals surface area (Å²) in [4.78, 5) is 5.03. The first-order chi connectivity index (χ1) is 13.7. The standard InChI is InChI=1S/C21H17ClFN3OS/c22-21-20(28-12-26-21)19-14(8-16-11-25-6-7-27-16)2-1-3-17(19)13-4-5-15(10-24)18(23)9-13/h1-5,9,12,16,25H,6-8,11H2/t16-/m1/s1. The Morgan fingerprint density at radius 3 is 2.93 bits per heavy atom. The fourth-order valence-corrected chi connectivity index (χ4v) is 4.55. The lowest BCUT2D eigenvalue weighted by atomic mass is 9.91. The molecule has 0 spiro atoms. The van der Waals surface area contributed by atoms with Crippen LogP contribution in [-0.4, -0.2) is 30.8 Å². The zero-order valence-electron chi connectivity index (χ0n) is 14.9. The largest absolute Gasteiger partial charge is 0.375 e. The summed E-state index contributed by atoms with van der Waals surface area (Å²) in [7, 11) is 0. The summed E-state index contributed by atoms with van der Waals surface area (Å²) in [6.07, 6.45) is 0.774. The number of nitrogens with one attached hydrogen (secondary N) is 1. The molecule has 1 aliphatic rings. The topological polar surface area (TPSA) is 57.9 Å². The minimum atomic E-state index is -0.536. The van der Waals surface area contributed by atoms with Gasteiger partial charge in [0.15, 0.2) is 0 Å². The highest BCUT2D eigenvalue weighted by atomic mass is 35.5. The van der Waals surface area contributed by atoms with Crippen molar-refractivity contribution in [3.8, 4) is 27.6 Å². The molecule has 1 aromatic heterocycles. The molecular weight excluding hydrogens is 397 g/mol. The average Bonchev–Trinajstić information content (AvgIpc) is 3.14. The van der Waals surface area contributed by atoms with E-state index in [1.165, 1.54) is 23.5 Å². The molecule has 7 heteroatoms. The van der Waals surface area contributed by atoms with E-state index in [1.807, 2.05) is 24.3 Å². The van der Waals surface area contributed by atoms with Gasteiger partial charge >= 0.3 is 0 Å². The molecule has 2 aromatic carbocycles. The number of nitrogens with zero attached hydrogens (tertiary/aromatic N) is 2. The summed E-state index contributed by atoms with van der Waals surface area (Å²) in [5, 5.41) is 12.8. The van der Waals surface area contributed by atoms with Crippen LogP contribution in [0.15, 0.2) is 41.9 Å². The summed E-state index contributed by atoms with van der Waals surface area (Å²) >= 11 is 7.82. The van der Waals surface area contributed by atoms with Crippen LogP contribution in [0.4, 0.5) is 4.39 Å². The van der Waals surface area contributed by atoms with E-state index in [-0.39, 0.29) is 11.7 Å². The Morgan fingerprint density at radius 2 is 2.25 bits per heavy atom. The van der Waals surface area contributed by atoms with Gasteiger partial charge in [0.1, 0.15) is 17.0 Å². The van der Waals surface area contributed by atoms with Crippen LogP contribution < -0.4 is 5.32 Å². The van der Waals surface area contributed by atoms with E-state index in [2.05, 4.69) is 10.3 Å². The van der Waals surface area contributed by atoms with E-state index in [0.717, 1.165) is 34.7 Å². The van der Waals surface area contributed by atoms with Gasteiger partial charge in [0.25, 0.3) is 0 Å². The van der Waals surface area contributed by atoms with Gasteiger partial charge in [-0.3, -0.25) is 0 Å². The van der Waals surface area contributed by atoms with Crippen molar-refractivity contribution in [3.63, 3.8) is 0 Å². The van der Waals surface area contributed by atoms with Crippen molar-refractivity contribution in [3.05, 3.63) is 64.0 Å². The maximum Gasteiger partial charge on any atom is 0.147 e. The van der Waals surface area contributed by atoms with Gasteiger partial charge in [-0.2, -0.15) is 5.26 Å². The molecular formula is C21H17ClFN3OS. The van der Waals surface area contributed by atoms with Crippen LogP contribution in [0.1, 0.15) is 11.1 Å². The number of hydrogen-bond acceptors (Lipinski definition) is 5. The predicted octanol–water partition coefficient (Wildman–Crippen LogP) is 4.67. The van der Waals surface area contributed by atoms with Crippen molar-refractivity contribution >= 4 is 22.9 Å². The summed E-state index contributed by atoms with van der Waals surface area (Å²) < 4.78 is 20.2. The van der Waals surface area contributed by atoms with Crippen molar-refractivity contribution in [2.24, 2.45) is 0 Å². The van der Waals surface area contributed by atoms with Crippen molar-refractivity contribution in [1.29, 1.82) is 5.26 Å². The third kappa shape index (κ3) is 3.80. The van der Waals surface area contributed by atoms with Gasteiger partial charge in [-0.15, -0.1) is 11.3 Å². The fraction of sp³-hybridized carbons (Fsp3) is 0.238. The van der Waals surface area contributed by atoms with Crippen molar-refractivity contribution in [1.82, 2.24) is 10.3 Å². The van der Waals surface area contributed by atoms with Gasteiger partial charge in [-0.05, 0) is 28.8 Å². The van der Waals surface area contributed by atoms with Crippen molar-refractivity contribution < 1.29 is 9.13 Å². The minimum Gasteiger partial charge on any atom is -0.375 e. The summed E-state index contributed by atoms with van der Waals surface area (Å²) in [5.74, 6) is -0.536. The van der Waals surface area contributed by atoms with Gasteiger partial charge in [-0.1, -0.05) is 35.9 Å². The zero-order valence-corrected chi connectivity index (χ0v) is 16.5. The van der Waals surface area contributed by atoms with E-state index < -0.39 is 5.82 Å². The molecule has 3 aromatic rings. The van der Waals surface area contributed by atoms with Crippen LogP contribution >= 0.6 is 22.9 Å². The molecule has 1 N–H and O–H groups in total. The average molecular weight is 414 g/mol. The predicted molar refractivity (Wildman–Crippen MR) is 109 cm³/mol. The van der Waals surface area contributed by atoms with E-state index >= 15 is 0 Å². The third-order valence-electron chi connectivity index (χ3n) is 4.75. The van der Waals surface area contributed by atoms with Crippen molar-refractivity contribution in [2.45, 2.75) is 12.5 Å². The molecule has 28 heavy (non-hydrogen) atoms. The molecule has 0 amide bonds. The molecule has 142 valence electrons. The molecule has 0 bridgehead atoms. The van der Waals surface area contributed by atoms with Crippen molar-refractivity contribution in [2.75, 3.05) is 19.7 Å². The second-order valence-corrected chi connectivity index (χ2v) is 7.73. The molecule has 4 nitrogen and oxygen atoms in total. The van der Waals surface area contributed by atoms with E-state index in [4.69, 9.17) is 21.6 Å². The minimum absolute atomic E-state index is 0.0268. The number of thiazole rings is 1. The van der Waals surface area contributed by atoms with Crippen LogP contribution in [0.5, 0.6) is 0 Å². The first kappa shape index (κ1) is 19.0. The van der Waals surface area contributed by atoms with E-state index in [0.29, 0.717) is 23.7 Å². The highest BCUT2D eigenvalue weighted by Crippen LogP contribution is 2.41. The second kappa shape index (κ2) is 8.38. The number of rotatable bonds is 4. The Labute approximate surface area is 171 Å². The molecule has 0 radical (unpaired) electrons. The molecule has 1 fully saturated rings. The van der Waals surface area contributed by atoms with E-state index in [1.54, 1.807) is 11.6 Å². The highest BCUT2D eigenvalue weighted by molar-refractivity contribution is 7.14. The van der Waals surface area contributed by atoms with Gasteiger partial charge in [0.05, 0.1) is 28.7 Å². The number of aromatic nitrogens is 1. The Balaban J connectivity index is 1.84. The quantitative estimate of drug-likeness (QED) is 0.675. The molecule has 1 saturated heterocycles. The molecule has 0 unspecified atom stereocenters. The lowest BCUT2D eigenvalue weighted by Crippen LogP contribution is -2.39. The normalized spacial score (nSPS) is 16.7. The van der Waals surface area contributed by atoms with Gasteiger partial charge in [-0.25, -0.2) is 9.37 Å². The number of morpholine rings is 1. The number of halogens is 2. The molecule has 1 aliphatic heterocycles. The summed E-state index contributed by atoms with van der Waals surface area (Å²) in [5.41, 5.74) is 5.29. The molecule has 0 saturated carbocycles. The number of benzene rings is 2. The second-order valence-electron chi connectivity index (χ2n) is 6.52. The third-order valence-corrected chi connectivity index (χ3v) is 6.00. The van der Waals surface area contributed by atoms with Crippen LogP contribution in [0.3, 0.4) is 0 Å². The Morgan fingerprint density at radius 1 is 1.36 bits per heavy atom. The molecule has 1 atom stereocenters. The lowest BCUT2D eigenvalue weighted by molar-refractivity contribution is 0.0293. The van der Waals surface area contributed by atoms with Crippen LogP contribution in [0.2, 0.25) is 5.15 Å². The fourth-order valence-electron chi connectivity index (χ4n) is 3.44. The zero-order chi connectivity index (χ0) is 19.5. The number of ether oxygens (including phenoxy) is 1. The highest BCUT2D eigenvalue weighted by Gasteiger charge is 2.21. The van der Waals surface area contributed by atoms with Crippen LogP contribution in [0, 0.1) is 17.1 Å². The Kier molecular flexibility index (Phi) is 5.69. The molecule has 2 heterocycles. The lowest BCUT2D eigenvalue weighted by Gasteiger charge is -2.25. The summed E-state index contributed by atoms with van der Waals surface area (Å²) in [6.45, 7) is 2.32. The van der Waals surface area contributed by atoms with E-state index in [9.17, 15) is 4.39 Å². The monoisotopic (exact) mass is 413 g/mol. The van der Waals surface area contributed by atoms with Gasteiger partial charge < -0.3 is 10.1 Å². The maximum atomic E-state index is 14.3. The van der Waals surface area contributed by atoms with Gasteiger partial charge in [0.2, 0.25) is 0 Å². The summed E-state index contributed by atoms with van der Waals surface area (Å²) in [6, 6.07) is 12.5. The van der Waals surface area contributed by atoms with Crippen LogP contribution in [-0.2, 0) is 11.2 Å². The Bertz CT molecular complexity index is 1040.